The zero-order chi connectivity index (χ0) is 14.8. The summed E-state index contributed by atoms with van der Waals surface area (Å²) in [5, 5.41) is 0.748. The molecule has 4 heteroatoms. The molecule has 0 aromatic heterocycles. The van der Waals surface area contributed by atoms with E-state index in [1.807, 2.05) is 49.4 Å². The summed E-state index contributed by atoms with van der Waals surface area (Å²) in [5.74, 6) is 1.00. The SMILES string of the molecule is CC(N)c1ccccc1Cl.NCCSc1ccccc1. The van der Waals surface area contributed by atoms with E-state index in [2.05, 4.69) is 12.1 Å². The van der Waals surface area contributed by atoms with Crippen molar-refractivity contribution in [3.8, 4) is 0 Å². The Labute approximate surface area is 130 Å². The summed E-state index contributed by atoms with van der Waals surface area (Å²) in [6, 6.07) is 17.9. The fourth-order valence-corrected chi connectivity index (χ4v) is 2.55. The fourth-order valence-electron chi connectivity index (χ4n) is 1.54. The first kappa shape index (κ1) is 17.1. The van der Waals surface area contributed by atoms with Crippen molar-refractivity contribution in [1.82, 2.24) is 0 Å². The third kappa shape index (κ3) is 6.44. The lowest BCUT2D eigenvalue weighted by molar-refractivity contribution is 0.818. The first-order chi connectivity index (χ1) is 9.65. The first-order valence-electron chi connectivity index (χ1n) is 6.53. The number of halogens is 1. The molecule has 0 heterocycles. The molecule has 20 heavy (non-hydrogen) atoms. The maximum Gasteiger partial charge on any atom is 0.0453 e. The molecule has 0 saturated heterocycles. The van der Waals surface area contributed by atoms with Gasteiger partial charge < -0.3 is 11.5 Å². The van der Waals surface area contributed by atoms with Crippen molar-refractivity contribution in [2.24, 2.45) is 11.5 Å². The second-order valence-corrected chi connectivity index (χ2v) is 5.84. The predicted octanol–water partition coefficient (Wildman–Crippen LogP) is 4.10. The van der Waals surface area contributed by atoms with Gasteiger partial charge in [0, 0.05) is 28.3 Å². The summed E-state index contributed by atoms with van der Waals surface area (Å²) >= 11 is 7.63. The maximum absolute atomic E-state index is 5.84. The Morgan fingerprint density at radius 2 is 1.65 bits per heavy atom. The molecule has 2 aromatic rings. The molecule has 2 aromatic carbocycles. The monoisotopic (exact) mass is 308 g/mol. The molecule has 2 rings (SSSR count). The average molecular weight is 309 g/mol. The number of nitrogens with two attached hydrogens (primary N) is 2. The molecule has 1 atom stereocenters. The van der Waals surface area contributed by atoms with Crippen LogP contribution in [-0.4, -0.2) is 12.3 Å². The van der Waals surface area contributed by atoms with E-state index in [0.717, 1.165) is 22.9 Å². The minimum Gasteiger partial charge on any atom is -0.330 e. The van der Waals surface area contributed by atoms with Crippen LogP contribution in [0.15, 0.2) is 59.5 Å². The van der Waals surface area contributed by atoms with Gasteiger partial charge in [0.05, 0.1) is 0 Å². The van der Waals surface area contributed by atoms with Gasteiger partial charge in [0.25, 0.3) is 0 Å². The van der Waals surface area contributed by atoms with Crippen LogP contribution in [0.2, 0.25) is 5.02 Å². The summed E-state index contributed by atoms with van der Waals surface area (Å²) in [6.07, 6.45) is 0. The second-order valence-electron chi connectivity index (χ2n) is 4.26. The van der Waals surface area contributed by atoms with Crippen molar-refractivity contribution >= 4 is 23.4 Å². The average Bonchev–Trinajstić information content (AvgIpc) is 2.47. The molecule has 0 fully saturated rings. The maximum atomic E-state index is 5.84. The van der Waals surface area contributed by atoms with E-state index in [4.69, 9.17) is 23.1 Å². The lowest BCUT2D eigenvalue weighted by Crippen LogP contribution is -2.04. The van der Waals surface area contributed by atoms with E-state index in [0.29, 0.717) is 0 Å². The Kier molecular flexibility index (Phi) is 8.38. The Balaban J connectivity index is 0.000000200. The van der Waals surface area contributed by atoms with Crippen LogP contribution in [0.5, 0.6) is 0 Å². The summed E-state index contributed by atoms with van der Waals surface area (Å²) in [4.78, 5) is 1.30. The molecular weight excluding hydrogens is 288 g/mol. The normalized spacial score (nSPS) is 11.4. The highest BCUT2D eigenvalue weighted by Gasteiger charge is 2.01. The highest BCUT2D eigenvalue weighted by molar-refractivity contribution is 7.99. The van der Waals surface area contributed by atoms with Crippen LogP contribution < -0.4 is 11.5 Å². The number of hydrogen-bond acceptors (Lipinski definition) is 3. The molecule has 0 amide bonds. The van der Waals surface area contributed by atoms with Crippen LogP contribution in [0.3, 0.4) is 0 Å². The second kappa shape index (κ2) is 9.83. The van der Waals surface area contributed by atoms with Crippen molar-refractivity contribution in [3.63, 3.8) is 0 Å². The van der Waals surface area contributed by atoms with E-state index in [9.17, 15) is 0 Å². The predicted molar refractivity (Wildman–Crippen MR) is 90.3 cm³/mol. The van der Waals surface area contributed by atoms with E-state index in [1.165, 1.54) is 4.90 Å². The molecule has 2 nitrogen and oxygen atoms in total. The van der Waals surface area contributed by atoms with Gasteiger partial charge in [-0.15, -0.1) is 11.8 Å². The summed E-state index contributed by atoms with van der Waals surface area (Å²) in [7, 11) is 0. The molecule has 108 valence electrons. The molecule has 0 aliphatic heterocycles. The Morgan fingerprint density at radius 1 is 1.05 bits per heavy atom. The number of hydrogen-bond donors (Lipinski definition) is 2. The van der Waals surface area contributed by atoms with Crippen LogP contribution >= 0.6 is 23.4 Å². The van der Waals surface area contributed by atoms with Crippen LogP contribution in [0.4, 0.5) is 0 Å². The van der Waals surface area contributed by atoms with E-state index >= 15 is 0 Å². The van der Waals surface area contributed by atoms with Crippen molar-refractivity contribution in [2.75, 3.05) is 12.3 Å². The van der Waals surface area contributed by atoms with Crippen molar-refractivity contribution in [2.45, 2.75) is 17.9 Å². The summed E-state index contributed by atoms with van der Waals surface area (Å²) in [5.41, 5.74) is 12.0. The zero-order valence-electron chi connectivity index (χ0n) is 11.6. The van der Waals surface area contributed by atoms with Gasteiger partial charge in [0.2, 0.25) is 0 Å². The molecular formula is C16H21ClN2S. The number of thioether (sulfide) groups is 1. The van der Waals surface area contributed by atoms with Crippen molar-refractivity contribution in [3.05, 3.63) is 65.2 Å². The molecule has 0 saturated carbocycles. The number of benzene rings is 2. The Morgan fingerprint density at radius 3 is 2.15 bits per heavy atom. The van der Waals surface area contributed by atoms with Crippen LogP contribution in [-0.2, 0) is 0 Å². The first-order valence-corrected chi connectivity index (χ1v) is 7.89. The van der Waals surface area contributed by atoms with Crippen molar-refractivity contribution in [1.29, 1.82) is 0 Å². The van der Waals surface area contributed by atoms with Gasteiger partial charge in [-0.25, -0.2) is 0 Å². The molecule has 0 radical (unpaired) electrons. The molecule has 0 aliphatic rings. The lowest BCUT2D eigenvalue weighted by atomic mass is 10.1. The van der Waals surface area contributed by atoms with Gasteiger partial charge in [0.15, 0.2) is 0 Å². The minimum atomic E-state index is 0.0219. The third-order valence-corrected chi connectivity index (χ3v) is 3.92. The van der Waals surface area contributed by atoms with Gasteiger partial charge in [-0.05, 0) is 30.7 Å². The summed E-state index contributed by atoms with van der Waals surface area (Å²) in [6.45, 7) is 2.67. The quantitative estimate of drug-likeness (QED) is 0.836. The van der Waals surface area contributed by atoms with Gasteiger partial charge in [-0.3, -0.25) is 0 Å². The number of rotatable bonds is 4. The highest BCUT2D eigenvalue weighted by Crippen LogP contribution is 2.19. The van der Waals surface area contributed by atoms with E-state index in [-0.39, 0.29) is 6.04 Å². The Hall–Kier alpha value is -1.00. The highest BCUT2D eigenvalue weighted by atomic mass is 35.5. The lowest BCUT2D eigenvalue weighted by Gasteiger charge is -2.05. The largest absolute Gasteiger partial charge is 0.330 e. The van der Waals surface area contributed by atoms with Gasteiger partial charge in [-0.2, -0.15) is 0 Å². The topological polar surface area (TPSA) is 52.0 Å². The van der Waals surface area contributed by atoms with Crippen LogP contribution in [0.25, 0.3) is 0 Å². The van der Waals surface area contributed by atoms with Gasteiger partial charge in [0.1, 0.15) is 0 Å². The molecule has 0 aliphatic carbocycles. The van der Waals surface area contributed by atoms with Gasteiger partial charge in [-0.1, -0.05) is 48.0 Å². The van der Waals surface area contributed by atoms with Crippen LogP contribution in [0.1, 0.15) is 18.5 Å². The molecule has 0 bridgehead atoms. The minimum absolute atomic E-state index is 0.0219. The van der Waals surface area contributed by atoms with E-state index in [1.54, 1.807) is 11.8 Å². The smallest absolute Gasteiger partial charge is 0.0453 e. The Bertz CT molecular complexity index is 489. The summed E-state index contributed by atoms with van der Waals surface area (Å²) < 4.78 is 0. The van der Waals surface area contributed by atoms with Crippen LogP contribution in [0, 0.1) is 0 Å². The van der Waals surface area contributed by atoms with E-state index < -0.39 is 0 Å². The van der Waals surface area contributed by atoms with Crippen molar-refractivity contribution < 1.29 is 0 Å². The molecule has 1 unspecified atom stereocenters. The molecule has 4 N–H and O–H groups in total. The standard InChI is InChI=1S/C8H10ClN.C8H11NS/c1-6(10)7-4-2-3-5-8(7)9;9-6-7-10-8-4-2-1-3-5-8/h2-6H,10H2,1H3;1-5H,6-7,9H2. The third-order valence-electron chi connectivity index (χ3n) is 2.53. The molecule has 0 spiro atoms. The fraction of sp³-hybridized carbons (Fsp3) is 0.250. The zero-order valence-corrected chi connectivity index (χ0v) is 13.2. The van der Waals surface area contributed by atoms with Gasteiger partial charge >= 0.3 is 0 Å².